The molecule has 8 heteroatoms. The maximum Gasteiger partial charge on any atom is 0.256 e. The van der Waals surface area contributed by atoms with Crippen LogP contribution in [0.2, 0.25) is 0 Å². The standard InChI is InChI=1S/C23H19N7O/c1-29-14-17(11-25-29)21-13-24-19-9-8-16(10-20(19)27-21)18-12-26-30(2)22(18)28-23(31)15-6-4-3-5-7-15/h3-14H,1-2H3,(H,28,31). The first-order chi connectivity index (χ1) is 15.1. The van der Waals surface area contributed by atoms with Crippen LogP contribution < -0.4 is 5.32 Å². The summed E-state index contributed by atoms with van der Waals surface area (Å²) in [7, 11) is 3.66. The van der Waals surface area contributed by atoms with Gasteiger partial charge in [0.15, 0.2) is 0 Å². The number of nitrogens with one attached hydrogen (secondary N) is 1. The van der Waals surface area contributed by atoms with Gasteiger partial charge in [0, 0.05) is 37.0 Å². The second kappa shape index (κ2) is 7.49. The Hall–Kier alpha value is -4.33. The molecule has 0 saturated heterocycles. The van der Waals surface area contributed by atoms with Gasteiger partial charge in [0.05, 0.1) is 35.3 Å². The highest BCUT2D eigenvalue weighted by Crippen LogP contribution is 2.30. The number of fused-ring (bicyclic) bond motifs is 1. The summed E-state index contributed by atoms with van der Waals surface area (Å²) in [6.45, 7) is 0. The van der Waals surface area contributed by atoms with Crippen molar-refractivity contribution in [2.24, 2.45) is 14.1 Å². The zero-order valence-electron chi connectivity index (χ0n) is 17.0. The predicted molar refractivity (Wildman–Crippen MR) is 118 cm³/mol. The van der Waals surface area contributed by atoms with Crippen LogP contribution in [0.1, 0.15) is 10.4 Å². The van der Waals surface area contributed by atoms with Gasteiger partial charge in [-0.15, -0.1) is 0 Å². The average molecular weight is 409 g/mol. The Morgan fingerprint density at radius 2 is 1.74 bits per heavy atom. The van der Waals surface area contributed by atoms with Crippen LogP contribution in [0.15, 0.2) is 73.3 Å². The molecule has 0 bridgehead atoms. The van der Waals surface area contributed by atoms with Crippen molar-refractivity contribution in [3.05, 3.63) is 78.9 Å². The summed E-state index contributed by atoms with van der Waals surface area (Å²) in [6, 6.07) is 14.9. The van der Waals surface area contributed by atoms with Crippen molar-refractivity contribution >= 4 is 22.8 Å². The molecule has 8 nitrogen and oxygen atoms in total. The lowest BCUT2D eigenvalue weighted by atomic mass is 10.1. The van der Waals surface area contributed by atoms with Gasteiger partial charge in [0.2, 0.25) is 0 Å². The number of benzene rings is 2. The number of hydrogen-bond donors (Lipinski definition) is 1. The molecular formula is C23H19N7O. The van der Waals surface area contributed by atoms with Crippen LogP contribution in [0.3, 0.4) is 0 Å². The Balaban J connectivity index is 1.53. The number of aromatic nitrogens is 6. The molecule has 0 radical (unpaired) electrons. The van der Waals surface area contributed by atoms with Crippen molar-refractivity contribution in [1.29, 1.82) is 0 Å². The van der Waals surface area contributed by atoms with Gasteiger partial charge in [-0.05, 0) is 29.8 Å². The van der Waals surface area contributed by atoms with E-state index < -0.39 is 0 Å². The third-order valence-corrected chi connectivity index (χ3v) is 5.06. The van der Waals surface area contributed by atoms with Gasteiger partial charge in [-0.2, -0.15) is 10.2 Å². The van der Waals surface area contributed by atoms with Gasteiger partial charge in [-0.25, -0.2) is 4.98 Å². The minimum Gasteiger partial charge on any atom is -0.306 e. The number of amides is 1. The largest absolute Gasteiger partial charge is 0.306 e. The molecule has 0 aliphatic carbocycles. The second-order valence-electron chi connectivity index (χ2n) is 7.21. The first-order valence-corrected chi connectivity index (χ1v) is 9.73. The van der Waals surface area contributed by atoms with Crippen LogP contribution in [0.4, 0.5) is 5.82 Å². The second-order valence-corrected chi connectivity index (χ2v) is 7.21. The van der Waals surface area contributed by atoms with E-state index in [1.54, 1.807) is 47.1 Å². The summed E-state index contributed by atoms with van der Waals surface area (Å²) in [4.78, 5) is 22.0. The van der Waals surface area contributed by atoms with E-state index >= 15 is 0 Å². The van der Waals surface area contributed by atoms with Gasteiger partial charge in [0.25, 0.3) is 5.91 Å². The minimum atomic E-state index is -0.190. The maximum atomic E-state index is 12.7. The lowest BCUT2D eigenvalue weighted by Gasteiger charge is -2.09. The van der Waals surface area contributed by atoms with E-state index in [4.69, 9.17) is 4.98 Å². The summed E-state index contributed by atoms with van der Waals surface area (Å²) >= 11 is 0. The highest BCUT2D eigenvalue weighted by molar-refractivity contribution is 6.05. The molecule has 0 aliphatic heterocycles. The first-order valence-electron chi connectivity index (χ1n) is 9.73. The van der Waals surface area contributed by atoms with E-state index in [-0.39, 0.29) is 5.91 Å². The van der Waals surface area contributed by atoms with Crippen molar-refractivity contribution in [2.75, 3.05) is 5.32 Å². The Bertz CT molecular complexity index is 1400. The molecule has 0 saturated carbocycles. The molecule has 0 unspecified atom stereocenters. The molecule has 31 heavy (non-hydrogen) atoms. The van der Waals surface area contributed by atoms with Crippen molar-refractivity contribution in [3.8, 4) is 22.4 Å². The number of anilines is 1. The highest BCUT2D eigenvalue weighted by atomic mass is 16.1. The molecule has 152 valence electrons. The van der Waals surface area contributed by atoms with Crippen molar-refractivity contribution < 1.29 is 4.79 Å². The summed E-state index contributed by atoms with van der Waals surface area (Å²) < 4.78 is 3.38. The Morgan fingerprint density at radius 1 is 0.903 bits per heavy atom. The average Bonchev–Trinajstić information content (AvgIpc) is 3.39. The Labute approximate surface area is 178 Å². The Kier molecular flexibility index (Phi) is 4.51. The maximum absolute atomic E-state index is 12.7. The molecule has 0 fully saturated rings. The van der Waals surface area contributed by atoms with E-state index in [0.717, 1.165) is 33.4 Å². The number of carbonyl (C=O) groups excluding carboxylic acids is 1. The number of hydrogen-bond acceptors (Lipinski definition) is 5. The smallest absolute Gasteiger partial charge is 0.256 e. The third-order valence-electron chi connectivity index (χ3n) is 5.06. The van der Waals surface area contributed by atoms with E-state index in [1.807, 2.05) is 49.6 Å². The van der Waals surface area contributed by atoms with Crippen LogP contribution in [0, 0.1) is 0 Å². The third kappa shape index (κ3) is 3.55. The van der Waals surface area contributed by atoms with E-state index in [0.29, 0.717) is 11.4 Å². The Morgan fingerprint density at radius 3 is 2.52 bits per heavy atom. The number of nitrogens with zero attached hydrogens (tertiary/aromatic N) is 6. The topological polar surface area (TPSA) is 90.5 Å². The van der Waals surface area contributed by atoms with Gasteiger partial charge in [-0.3, -0.25) is 19.1 Å². The molecule has 5 rings (SSSR count). The monoisotopic (exact) mass is 409 g/mol. The fourth-order valence-electron chi connectivity index (χ4n) is 3.44. The molecular weight excluding hydrogens is 390 g/mol. The fourth-order valence-corrected chi connectivity index (χ4v) is 3.44. The molecule has 3 aromatic heterocycles. The molecule has 1 N–H and O–H groups in total. The normalized spacial score (nSPS) is 11.0. The molecule has 0 aliphatic rings. The van der Waals surface area contributed by atoms with E-state index in [1.165, 1.54) is 0 Å². The highest BCUT2D eigenvalue weighted by Gasteiger charge is 2.16. The van der Waals surface area contributed by atoms with Crippen molar-refractivity contribution in [3.63, 3.8) is 0 Å². The molecule has 1 amide bonds. The lowest BCUT2D eigenvalue weighted by molar-refractivity contribution is 0.102. The molecule has 0 atom stereocenters. The molecule has 5 aromatic rings. The summed E-state index contributed by atoms with van der Waals surface area (Å²) in [5, 5.41) is 11.5. The summed E-state index contributed by atoms with van der Waals surface area (Å²) in [5.41, 5.74) is 5.48. The molecule has 2 aromatic carbocycles. The number of rotatable bonds is 4. The fraction of sp³-hybridized carbons (Fsp3) is 0.0870. The molecule has 3 heterocycles. The summed E-state index contributed by atoms with van der Waals surface area (Å²) in [6.07, 6.45) is 7.14. The molecule has 0 spiro atoms. The van der Waals surface area contributed by atoms with Crippen molar-refractivity contribution in [2.45, 2.75) is 0 Å². The van der Waals surface area contributed by atoms with E-state index in [2.05, 4.69) is 20.5 Å². The van der Waals surface area contributed by atoms with Crippen LogP contribution in [-0.4, -0.2) is 35.4 Å². The van der Waals surface area contributed by atoms with Gasteiger partial charge in [0.1, 0.15) is 5.82 Å². The van der Waals surface area contributed by atoms with Crippen LogP contribution in [-0.2, 0) is 14.1 Å². The van der Waals surface area contributed by atoms with Gasteiger partial charge >= 0.3 is 0 Å². The minimum absolute atomic E-state index is 0.190. The van der Waals surface area contributed by atoms with Crippen LogP contribution >= 0.6 is 0 Å². The van der Waals surface area contributed by atoms with E-state index in [9.17, 15) is 4.79 Å². The predicted octanol–water partition coefficient (Wildman–Crippen LogP) is 3.68. The quantitative estimate of drug-likeness (QED) is 0.489. The number of carbonyl (C=O) groups is 1. The zero-order chi connectivity index (χ0) is 21.4. The zero-order valence-corrected chi connectivity index (χ0v) is 17.0. The van der Waals surface area contributed by atoms with Crippen molar-refractivity contribution in [1.82, 2.24) is 29.5 Å². The first kappa shape index (κ1) is 18.7. The van der Waals surface area contributed by atoms with Crippen LogP contribution in [0.25, 0.3) is 33.4 Å². The van der Waals surface area contributed by atoms with Gasteiger partial charge < -0.3 is 5.32 Å². The summed E-state index contributed by atoms with van der Waals surface area (Å²) in [5.74, 6) is 0.425. The lowest BCUT2D eigenvalue weighted by Crippen LogP contribution is -2.15. The van der Waals surface area contributed by atoms with Gasteiger partial charge in [-0.1, -0.05) is 24.3 Å². The number of aryl methyl sites for hydroxylation is 2. The van der Waals surface area contributed by atoms with Crippen LogP contribution in [0.5, 0.6) is 0 Å². The SMILES string of the molecule is Cn1cc(-c2cnc3ccc(-c4cnn(C)c4NC(=O)c4ccccc4)cc3n2)cn1.